The Hall–Kier alpha value is -7.16. The monoisotopic (exact) mass is 742 g/mol. The highest BCUT2D eigenvalue weighted by Crippen LogP contribution is 2.51. The van der Waals surface area contributed by atoms with Crippen molar-refractivity contribution in [3.8, 4) is 44.6 Å². The van der Waals surface area contributed by atoms with E-state index in [1.165, 1.54) is 88.5 Å². The first-order valence-corrected chi connectivity index (χ1v) is 20.3. The molecule has 11 rings (SSSR count). The number of hydrogen-bond acceptors (Lipinski definition) is 1. The van der Waals surface area contributed by atoms with Crippen molar-refractivity contribution in [2.24, 2.45) is 0 Å². The van der Waals surface area contributed by atoms with Gasteiger partial charge in [-0.3, -0.25) is 0 Å². The van der Waals surface area contributed by atoms with Crippen LogP contribution in [0.1, 0.15) is 30.5 Å². The van der Waals surface area contributed by atoms with Gasteiger partial charge in [-0.1, -0.05) is 172 Å². The van der Waals surface area contributed by atoms with Crippen molar-refractivity contribution in [2.45, 2.75) is 26.2 Å². The van der Waals surface area contributed by atoms with E-state index in [1.807, 2.05) is 0 Å². The number of pyridine rings is 1. The van der Waals surface area contributed by atoms with Gasteiger partial charge in [-0.25, -0.2) is 0 Å². The lowest BCUT2D eigenvalue weighted by Crippen LogP contribution is -2.16. The molecule has 0 unspecified atom stereocenters. The van der Waals surface area contributed by atoms with Gasteiger partial charge < -0.3 is 9.30 Å². The summed E-state index contributed by atoms with van der Waals surface area (Å²) in [7, 11) is 0. The number of nitrogens with zero attached hydrogens (tertiary/aromatic N) is 2. The Labute approximate surface area is 339 Å². The molecule has 0 aliphatic heterocycles. The molecule has 0 atom stereocenters. The number of anilines is 3. The van der Waals surface area contributed by atoms with Crippen molar-refractivity contribution in [3.63, 3.8) is 0 Å². The average Bonchev–Trinajstić information content (AvgIpc) is 3.72. The fourth-order valence-electron chi connectivity index (χ4n) is 9.79. The summed E-state index contributed by atoms with van der Waals surface area (Å²) in [6.45, 7) is 7.01. The first kappa shape index (κ1) is 34.1. The van der Waals surface area contributed by atoms with Gasteiger partial charge in [0.25, 0.3) is 0 Å². The van der Waals surface area contributed by atoms with Crippen LogP contribution in [0.25, 0.3) is 71.8 Å². The molecule has 0 saturated carbocycles. The second-order valence-electron chi connectivity index (χ2n) is 16.2. The van der Waals surface area contributed by atoms with Crippen molar-refractivity contribution < 1.29 is 0 Å². The molecular weight excluding hydrogens is 701 g/mol. The maximum absolute atomic E-state index is 2.52. The normalized spacial score (nSPS) is 12.9. The Morgan fingerprint density at radius 1 is 0.414 bits per heavy atom. The van der Waals surface area contributed by atoms with Gasteiger partial charge in [0.15, 0.2) is 0 Å². The lowest BCUT2D eigenvalue weighted by atomic mass is 9.82. The lowest BCUT2D eigenvalue weighted by Gasteiger charge is -2.28. The van der Waals surface area contributed by atoms with E-state index in [4.69, 9.17) is 0 Å². The van der Waals surface area contributed by atoms with Crippen LogP contribution in [0.2, 0.25) is 0 Å². The number of fused-ring (bicyclic) bond motifs is 9. The SMILES string of the molecule is Cc1c(-c2ccccc2)c2c3ccccc3c3ccccc3n2c1-c1ccc(N(c2ccc(-c3ccccc3)cc2)c2ccc3c(c2)C(C)(C)c2ccccc2-3)cc1. The Morgan fingerprint density at radius 3 is 1.64 bits per heavy atom. The van der Waals surface area contributed by atoms with Gasteiger partial charge in [-0.05, 0) is 105 Å². The molecule has 10 aromatic rings. The highest BCUT2D eigenvalue weighted by molar-refractivity contribution is 6.17. The van der Waals surface area contributed by atoms with Crippen LogP contribution < -0.4 is 4.90 Å². The molecule has 2 heterocycles. The molecule has 1 aliphatic rings. The zero-order valence-corrected chi connectivity index (χ0v) is 32.9. The van der Waals surface area contributed by atoms with Crippen LogP contribution in [-0.4, -0.2) is 4.40 Å². The van der Waals surface area contributed by atoms with Crippen molar-refractivity contribution in [2.75, 3.05) is 4.90 Å². The summed E-state index contributed by atoms with van der Waals surface area (Å²) in [5.74, 6) is 0. The van der Waals surface area contributed by atoms with Crippen LogP contribution >= 0.6 is 0 Å². The van der Waals surface area contributed by atoms with Crippen molar-refractivity contribution in [3.05, 3.63) is 217 Å². The van der Waals surface area contributed by atoms with E-state index in [-0.39, 0.29) is 5.41 Å². The highest BCUT2D eigenvalue weighted by atomic mass is 15.1. The van der Waals surface area contributed by atoms with Gasteiger partial charge in [0.05, 0.1) is 16.7 Å². The predicted octanol–water partition coefficient (Wildman–Crippen LogP) is 15.3. The van der Waals surface area contributed by atoms with Gasteiger partial charge in [-0.2, -0.15) is 0 Å². The maximum Gasteiger partial charge on any atom is 0.0622 e. The van der Waals surface area contributed by atoms with Crippen molar-refractivity contribution in [1.82, 2.24) is 4.40 Å². The van der Waals surface area contributed by atoms with Crippen LogP contribution in [0, 0.1) is 6.92 Å². The quantitative estimate of drug-likeness (QED) is 0.154. The average molecular weight is 743 g/mol. The molecule has 8 aromatic carbocycles. The third-order valence-corrected chi connectivity index (χ3v) is 12.6. The van der Waals surface area contributed by atoms with Crippen LogP contribution in [0.5, 0.6) is 0 Å². The predicted molar refractivity (Wildman–Crippen MR) is 246 cm³/mol. The van der Waals surface area contributed by atoms with E-state index >= 15 is 0 Å². The minimum atomic E-state index is -0.106. The lowest BCUT2D eigenvalue weighted by molar-refractivity contribution is 0.660. The highest BCUT2D eigenvalue weighted by Gasteiger charge is 2.35. The zero-order chi connectivity index (χ0) is 39.0. The van der Waals surface area contributed by atoms with Gasteiger partial charge in [0.2, 0.25) is 0 Å². The molecule has 0 bridgehead atoms. The molecule has 0 amide bonds. The fourth-order valence-corrected chi connectivity index (χ4v) is 9.79. The molecular formula is C56H42N2. The number of hydrogen-bond donors (Lipinski definition) is 0. The number of para-hydroxylation sites is 1. The molecule has 1 aliphatic carbocycles. The first-order valence-electron chi connectivity index (χ1n) is 20.3. The molecule has 0 fully saturated rings. The second-order valence-corrected chi connectivity index (χ2v) is 16.2. The van der Waals surface area contributed by atoms with E-state index in [9.17, 15) is 0 Å². The Morgan fingerprint density at radius 2 is 0.931 bits per heavy atom. The van der Waals surface area contributed by atoms with Crippen LogP contribution in [0.15, 0.2) is 200 Å². The molecule has 2 nitrogen and oxygen atoms in total. The van der Waals surface area contributed by atoms with E-state index in [1.54, 1.807) is 0 Å². The minimum Gasteiger partial charge on any atom is -0.310 e. The van der Waals surface area contributed by atoms with Crippen molar-refractivity contribution >= 4 is 44.3 Å². The second kappa shape index (κ2) is 13.2. The Bertz CT molecular complexity index is 3170. The molecule has 2 heteroatoms. The Balaban J connectivity index is 1.10. The van der Waals surface area contributed by atoms with E-state index in [2.05, 4.69) is 230 Å². The molecule has 58 heavy (non-hydrogen) atoms. The van der Waals surface area contributed by atoms with E-state index in [0.29, 0.717) is 0 Å². The summed E-state index contributed by atoms with van der Waals surface area (Å²) >= 11 is 0. The minimum absolute atomic E-state index is 0.106. The van der Waals surface area contributed by atoms with Gasteiger partial charge >= 0.3 is 0 Å². The zero-order valence-electron chi connectivity index (χ0n) is 32.9. The largest absolute Gasteiger partial charge is 0.310 e. The first-order chi connectivity index (χ1) is 28.5. The summed E-state index contributed by atoms with van der Waals surface area (Å²) < 4.78 is 2.52. The summed E-state index contributed by atoms with van der Waals surface area (Å²) in [6, 6.07) is 73.4. The molecule has 0 radical (unpaired) electrons. The fraction of sp³-hybridized carbons (Fsp3) is 0.0714. The van der Waals surface area contributed by atoms with Crippen LogP contribution in [-0.2, 0) is 5.41 Å². The number of benzene rings is 8. The van der Waals surface area contributed by atoms with E-state index in [0.717, 1.165) is 17.1 Å². The smallest absolute Gasteiger partial charge is 0.0622 e. The molecule has 0 spiro atoms. The molecule has 2 aromatic heterocycles. The number of rotatable bonds is 6. The molecule has 0 saturated heterocycles. The molecule has 276 valence electrons. The van der Waals surface area contributed by atoms with Crippen LogP contribution in [0.3, 0.4) is 0 Å². The summed E-state index contributed by atoms with van der Waals surface area (Å²) in [4.78, 5) is 2.42. The summed E-state index contributed by atoms with van der Waals surface area (Å²) in [6.07, 6.45) is 0. The standard InChI is InChI=1S/C56H42N2/c1-37-53(40-18-8-5-9-19-40)55-49-23-11-10-20-45(49)48-22-13-15-25-52(48)58(55)54(37)41-28-32-43(33-29-41)57(42-30-26-39(27-31-42)38-16-6-4-7-17-38)44-34-35-47-46-21-12-14-24-50(46)56(2,3)51(47)36-44/h4-36H,1-3H3. The summed E-state index contributed by atoms with van der Waals surface area (Å²) in [5, 5.41) is 3.79. The van der Waals surface area contributed by atoms with Gasteiger partial charge in [0.1, 0.15) is 0 Å². The third-order valence-electron chi connectivity index (χ3n) is 12.6. The third kappa shape index (κ3) is 5.18. The molecule has 0 N–H and O–H groups in total. The van der Waals surface area contributed by atoms with Crippen molar-refractivity contribution in [1.29, 1.82) is 0 Å². The van der Waals surface area contributed by atoms with Gasteiger partial charge in [-0.15, -0.1) is 0 Å². The van der Waals surface area contributed by atoms with Gasteiger partial charge in [0, 0.05) is 38.8 Å². The van der Waals surface area contributed by atoms with E-state index < -0.39 is 0 Å². The van der Waals surface area contributed by atoms with Crippen LogP contribution in [0.4, 0.5) is 17.1 Å². The number of aromatic nitrogens is 1. The summed E-state index contributed by atoms with van der Waals surface area (Å²) in [5.41, 5.74) is 19.7. The maximum atomic E-state index is 2.52. The Kier molecular flexibility index (Phi) is 7.78. The topological polar surface area (TPSA) is 7.65 Å².